The highest BCUT2D eigenvalue weighted by molar-refractivity contribution is 5.85. The molecule has 2 atom stereocenters. The van der Waals surface area contributed by atoms with Gasteiger partial charge in [-0.15, -0.1) is 0 Å². The Kier molecular flexibility index (Phi) is 2.91. The summed E-state index contributed by atoms with van der Waals surface area (Å²) in [7, 11) is 1.99. The van der Waals surface area contributed by atoms with E-state index in [1.807, 2.05) is 30.2 Å². The quantitative estimate of drug-likeness (QED) is 0.844. The smallest absolute Gasteiger partial charge is 0.154 e. The lowest BCUT2D eigenvalue weighted by Crippen LogP contribution is -2.42. The first-order valence-electron chi connectivity index (χ1n) is 6.54. The van der Waals surface area contributed by atoms with E-state index in [1.54, 1.807) is 0 Å². The third kappa shape index (κ3) is 1.95. The Balaban J connectivity index is 1.90. The molecule has 5 heteroatoms. The highest BCUT2D eigenvalue weighted by atomic mass is 15.1. The van der Waals surface area contributed by atoms with Crippen molar-refractivity contribution in [3.63, 3.8) is 0 Å². The van der Waals surface area contributed by atoms with Crippen LogP contribution in [-0.4, -0.2) is 26.6 Å². The molecule has 1 saturated carbocycles. The maximum atomic E-state index is 6.16. The Bertz CT molecular complexity index is 547. The van der Waals surface area contributed by atoms with Gasteiger partial charge < -0.3 is 15.6 Å². The molecule has 0 saturated heterocycles. The van der Waals surface area contributed by atoms with Gasteiger partial charge in [-0.25, -0.2) is 9.97 Å². The van der Waals surface area contributed by atoms with Gasteiger partial charge in [-0.1, -0.05) is 12.8 Å². The van der Waals surface area contributed by atoms with E-state index in [0.717, 1.165) is 29.7 Å². The summed E-state index contributed by atoms with van der Waals surface area (Å²) in [6, 6.07) is 2.52. The first kappa shape index (κ1) is 11.5. The molecular weight excluding hydrogens is 226 g/mol. The zero-order valence-electron chi connectivity index (χ0n) is 10.6. The van der Waals surface area contributed by atoms with E-state index in [-0.39, 0.29) is 6.04 Å². The van der Waals surface area contributed by atoms with Crippen molar-refractivity contribution in [2.24, 2.45) is 12.8 Å². The van der Waals surface area contributed by atoms with Crippen molar-refractivity contribution in [1.29, 1.82) is 0 Å². The molecule has 1 aliphatic carbocycles. The van der Waals surface area contributed by atoms with Gasteiger partial charge in [-0.3, -0.25) is 0 Å². The van der Waals surface area contributed by atoms with E-state index < -0.39 is 0 Å². The summed E-state index contributed by atoms with van der Waals surface area (Å²) in [5, 5.41) is 3.48. The highest BCUT2D eigenvalue weighted by Gasteiger charge is 2.22. The van der Waals surface area contributed by atoms with Crippen LogP contribution in [0.15, 0.2) is 18.6 Å². The number of anilines is 1. The Morgan fingerprint density at radius 1 is 1.33 bits per heavy atom. The lowest BCUT2D eigenvalue weighted by molar-refractivity contribution is 0.403. The van der Waals surface area contributed by atoms with E-state index >= 15 is 0 Å². The molecule has 96 valence electrons. The molecule has 2 aromatic rings. The van der Waals surface area contributed by atoms with Crippen molar-refractivity contribution < 1.29 is 0 Å². The van der Waals surface area contributed by atoms with Gasteiger partial charge in [0.2, 0.25) is 0 Å². The van der Waals surface area contributed by atoms with Crippen molar-refractivity contribution in [1.82, 2.24) is 14.5 Å². The van der Waals surface area contributed by atoms with Crippen molar-refractivity contribution in [3.05, 3.63) is 18.6 Å². The van der Waals surface area contributed by atoms with Crippen molar-refractivity contribution in [2.45, 2.75) is 37.8 Å². The molecule has 1 fully saturated rings. The standard InChI is InChI=1S/C13H19N5/c1-18-8-16-12-11(18)6-7-15-13(12)17-10-5-3-2-4-9(10)14/h6-10H,2-5,14H2,1H3,(H,15,17). The van der Waals surface area contributed by atoms with Crippen LogP contribution >= 0.6 is 0 Å². The minimum absolute atomic E-state index is 0.222. The number of nitrogens with one attached hydrogen (secondary N) is 1. The monoisotopic (exact) mass is 245 g/mol. The normalized spacial score (nSPS) is 24.3. The fourth-order valence-electron chi connectivity index (χ4n) is 2.68. The van der Waals surface area contributed by atoms with E-state index in [2.05, 4.69) is 15.3 Å². The molecule has 5 nitrogen and oxygen atoms in total. The summed E-state index contributed by atoms with van der Waals surface area (Å²) >= 11 is 0. The molecule has 0 radical (unpaired) electrons. The van der Waals surface area contributed by atoms with Crippen LogP contribution in [0.25, 0.3) is 11.0 Å². The lowest BCUT2D eigenvalue weighted by Gasteiger charge is -2.29. The third-order valence-corrected chi connectivity index (χ3v) is 3.78. The van der Waals surface area contributed by atoms with Crippen LogP contribution in [0.4, 0.5) is 5.82 Å². The average molecular weight is 245 g/mol. The van der Waals surface area contributed by atoms with Crippen LogP contribution in [-0.2, 0) is 7.05 Å². The molecule has 0 spiro atoms. The van der Waals surface area contributed by atoms with Gasteiger partial charge in [0.15, 0.2) is 5.82 Å². The van der Waals surface area contributed by atoms with Gasteiger partial charge >= 0.3 is 0 Å². The maximum absolute atomic E-state index is 6.16. The summed E-state index contributed by atoms with van der Waals surface area (Å²) in [5.41, 5.74) is 8.18. The van der Waals surface area contributed by atoms with Gasteiger partial charge in [0.25, 0.3) is 0 Å². The minimum Gasteiger partial charge on any atom is -0.364 e. The van der Waals surface area contributed by atoms with Crippen LogP contribution in [0.3, 0.4) is 0 Å². The molecule has 2 unspecified atom stereocenters. The van der Waals surface area contributed by atoms with Gasteiger partial charge in [0, 0.05) is 25.3 Å². The summed E-state index contributed by atoms with van der Waals surface area (Å²) in [6.07, 6.45) is 8.32. The van der Waals surface area contributed by atoms with Crippen molar-refractivity contribution >= 4 is 16.9 Å². The topological polar surface area (TPSA) is 68.8 Å². The second-order valence-corrected chi connectivity index (χ2v) is 5.08. The molecule has 2 aromatic heterocycles. The number of imidazole rings is 1. The number of nitrogens with zero attached hydrogens (tertiary/aromatic N) is 3. The predicted octanol–water partition coefficient (Wildman–Crippen LogP) is 1.65. The number of aryl methyl sites for hydroxylation is 1. The van der Waals surface area contributed by atoms with Crippen LogP contribution in [0.2, 0.25) is 0 Å². The number of rotatable bonds is 2. The van der Waals surface area contributed by atoms with Gasteiger partial charge in [0.05, 0.1) is 11.8 Å². The summed E-state index contributed by atoms with van der Waals surface area (Å²) in [5.74, 6) is 0.857. The van der Waals surface area contributed by atoms with Crippen LogP contribution in [0.1, 0.15) is 25.7 Å². The predicted molar refractivity (Wildman–Crippen MR) is 72.4 cm³/mol. The minimum atomic E-state index is 0.222. The Labute approximate surface area is 106 Å². The fraction of sp³-hybridized carbons (Fsp3) is 0.538. The number of nitrogens with two attached hydrogens (primary N) is 1. The Morgan fingerprint density at radius 3 is 3.00 bits per heavy atom. The zero-order valence-corrected chi connectivity index (χ0v) is 10.6. The van der Waals surface area contributed by atoms with E-state index in [0.29, 0.717) is 6.04 Å². The molecule has 0 amide bonds. The van der Waals surface area contributed by atoms with Crippen molar-refractivity contribution in [3.8, 4) is 0 Å². The maximum Gasteiger partial charge on any atom is 0.154 e. The average Bonchev–Trinajstić information content (AvgIpc) is 2.76. The van der Waals surface area contributed by atoms with E-state index in [9.17, 15) is 0 Å². The number of pyridine rings is 1. The summed E-state index contributed by atoms with van der Waals surface area (Å²) < 4.78 is 2.00. The molecule has 2 heterocycles. The molecule has 18 heavy (non-hydrogen) atoms. The largest absolute Gasteiger partial charge is 0.364 e. The van der Waals surface area contributed by atoms with E-state index in [4.69, 9.17) is 5.73 Å². The second kappa shape index (κ2) is 4.57. The van der Waals surface area contributed by atoms with Gasteiger partial charge in [-0.2, -0.15) is 0 Å². The molecule has 0 aromatic carbocycles. The molecule has 0 aliphatic heterocycles. The highest BCUT2D eigenvalue weighted by Crippen LogP contribution is 2.24. The lowest BCUT2D eigenvalue weighted by atomic mass is 9.91. The summed E-state index contributed by atoms with van der Waals surface area (Å²) in [6.45, 7) is 0. The number of fused-ring (bicyclic) bond motifs is 1. The third-order valence-electron chi connectivity index (χ3n) is 3.78. The van der Waals surface area contributed by atoms with Crippen molar-refractivity contribution in [2.75, 3.05) is 5.32 Å². The van der Waals surface area contributed by atoms with Crippen LogP contribution in [0.5, 0.6) is 0 Å². The second-order valence-electron chi connectivity index (χ2n) is 5.08. The Hall–Kier alpha value is -1.62. The van der Waals surface area contributed by atoms with Crippen LogP contribution in [0, 0.1) is 0 Å². The van der Waals surface area contributed by atoms with E-state index in [1.165, 1.54) is 12.8 Å². The first-order valence-corrected chi connectivity index (χ1v) is 6.54. The number of aromatic nitrogens is 3. The SMILES string of the molecule is Cn1cnc2c(NC3CCCCC3N)nccc21. The zero-order chi connectivity index (χ0) is 12.5. The number of hydrogen-bond donors (Lipinski definition) is 2. The molecular formula is C13H19N5. The molecule has 3 rings (SSSR count). The first-order chi connectivity index (χ1) is 8.75. The molecule has 0 bridgehead atoms. The van der Waals surface area contributed by atoms with Gasteiger partial charge in [-0.05, 0) is 18.9 Å². The molecule has 3 N–H and O–H groups in total. The van der Waals surface area contributed by atoms with Crippen LogP contribution < -0.4 is 11.1 Å². The fourth-order valence-corrected chi connectivity index (χ4v) is 2.68. The molecule has 1 aliphatic rings. The van der Waals surface area contributed by atoms with Gasteiger partial charge in [0.1, 0.15) is 5.52 Å². The Morgan fingerprint density at radius 2 is 2.17 bits per heavy atom. The summed E-state index contributed by atoms with van der Waals surface area (Å²) in [4.78, 5) is 8.81. The number of hydrogen-bond acceptors (Lipinski definition) is 4.